The van der Waals surface area contributed by atoms with Crippen molar-refractivity contribution in [2.75, 3.05) is 16.3 Å². The van der Waals surface area contributed by atoms with Crippen LogP contribution in [0.3, 0.4) is 0 Å². The van der Waals surface area contributed by atoms with E-state index in [0.717, 1.165) is 42.7 Å². The van der Waals surface area contributed by atoms with Gasteiger partial charge in [-0.05, 0) is 113 Å². The quantitative estimate of drug-likeness (QED) is 0.0616. The van der Waals surface area contributed by atoms with Crippen LogP contribution in [0.2, 0.25) is 0 Å². The molecular weight excluding hydrogens is 1290 g/mol. The van der Waals surface area contributed by atoms with Crippen LogP contribution in [0.25, 0.3) is 103 Å². The van der Waals surface area contributed by atoms with Gasteiger partial charge in [-0.3, -0.25) is 14.3 Å². The molecule has 488 valence electrons. The minimum atomic E-state index is -4.40. The first-order valence-corrected chi connectivity index (χ1v) is 30.3. The van der Waals surface area contributed by atoms with Crippen LogP contribution in [0.1, 0.15) is 68.1 Å². The standard InChI is InChI=1S/C24H17F4N3O.C23H17F4N3O2S.C23H15F4N3O/c1-14(32)29-20-5-3-2-4-17(20)18-12-21-22(13-19(18)25)31-23(30-21)11-8-15-6-9-16(10-7-15)24(26,27)28;1-33(31,32)30-19-5-3-2-4-16(19)17-12-20-21(13-18(17)24)29-22(28-20)11-8-14-6-9-15(10-7-14)23(25,26)27;24-18-12-20-19(11-17(18)15-3-1-2-4-16(15)22(28)31)29-21(30-20)10-7-13-5-8-14(9-6-13)23(25,26)27/h2-13H,1H3,(H,29,32)(H,30,31);2-13,30H,1H3,(H,28,29);1-12H,(H2,28,31)(H,29,30)/b2*11-8+;10-7+. The number of imidazole rings is 3. The molecule has 0 aliphatic carbocycles. The van der Waals surface area contributed by atoms with Gasteiger partial charge in [-0.25, -0.2) is 36.5 Å². The molecule has 3 aromatic heterocycles. The van der Waals surface area contributed by atoms with E-state index in [1.54, 1.807) is 103 Å². The number of alkyl halides is 9. The number of amides is 2. The normalized spacial score (nSPS) is 12.1. The largest absolute Gasteiger partial charge is 0.416 e. The summed E-state index contributed by atoms with van der Waals surface area (Å²) >= 11 is 0. The molecular formula is C70H49F12N9O4S. The van der Waals surface area contributed by atoms with Crippen molar-refractivity contribution in [3.63, 3.8) is 0 Å². The SMILES string of the molecule is CC(=O)Nc1ccccc1-c1cc2nc(/C=C/c3ccc(C(F)(F)F)cc3)[nH]c2cc1F.CS(=O)(=O)Nc1ccccc1-c1cc2nc(/C=C/c3ccc(C(F)(F)F)cc3)[nH]c2cc1F.NC(=O)c1ccccc1-c1cc2nc(/C=C/c3ccc(C(F)(F)F)cc3)[nH]c2cc1F. The lowest BCUT2D eigenvalue weighted by Crippen LogP contribution is -2.12. The Hall–Kier alpha value is -11.5. The van der Waals surface area contributed by atoms with Gasteiger partial charge in [-0.2, -0.15) is 39.5 Å². The fourth-order valence-corrected chi connectivity index (χ4v) is 10.4. The van der Waals surface area contributed by atoms with Crippen LogP contribution in [-0.4, -0.2) is 56.4 Å². The highest BCUT2D eigenvalue weighted by Gasteiger charge is 2.32. The Morgan fingerprint density at radius 3 is 1.07 bits per heavy atom. The van der Waals surface area contributed by atoms with Crippen LogP contribution in [0, 0.1) is 17.5 Å². The lowest BCUT2D eigenvalue weighted by atomic mass is 9.98. The number of para-hydroxylation sites is 2. The van der Waals surface area contributed by atoms with Gasteiger partial charge in [0, 0.05) is 64.2 Å². The van der Waals surface area contributed by atoms with Crippen molar-refractivity contribution >= 4 is 103 Å². The first-order chi connectivity index (χ1) is 45.4. The number of anilines is 2. The van der Waals surface area contributed by atoms with Crippen LogP contribution in [0.4, 0.5) is 64.1 Å². The third-order valence-corrected chi connectivity index (χ3v) is 14.9. The van der Waals surface area contributed by atoms with Crippen LogP contribution >= 0.6 is 0 Å². The maximum atomic E-state index is 14.9. The van der Waals surface area contributed by atoms with E-state index in [2.05, 4.69) is 39.9 Å². The van der Waals surface area contributed by atoms with Gasteiger partial charge in [0.2, 0.25) is 21.8 Å². The number of sulfonamides is 1. The molecule has 0 atom stereocenters. The van der Waals surface area contributed by atoms with E-state index in [4.69, 9.17) is 5.73 Å². The van der Waals surface area contributed by atoms with Gasteiger partial charge in [0.1, 0.15) is 34.9 Å². The number of rotatable bonds is 13. The molecule has 0 saturated heterocycles. The molecule has 0 radical (unpaired) electrons. The number of aromatic nitrogens is 6. The molecule has 0 unspecified atom stereocenters. The highest BCUT2D eigenvalue weighted by Crippen LogP contribution is 2.37. The molecule has 0 fully saturated rings. The van der Waals surface area contributed by atoms with Gasteiger partial charge in [0.15, 0.2) is 0 Å². The van der Waals surface area contributed by atoms with E-state index in [1.165, 1.54) is 85.8 Å². The second-order valence-electron chi connectivity index (χ2n) is 21.3. The number of carbonyl (C=O) groups excluding carboxylic acids is 2. The number of primary amides is 1. The number of nitrogens with one attached hydrogen (secondary N) is 5. The van der Waals surface area contributed by atoms with Crippen LogP contribution in [0.5, 0.6) is 0 Å². The van der Waals surface area contributed by atoms with E-state index >= 15 is 0 Å². The van der Waals surface area contributed by atoms with Gasteiger partial charge in [-0.15, -0.1) is 0 Å². The van der Waals surface area contributed by atoms with Crippen LogP contribution < -0.4 is 15.8 Å². The Balaban J connectivity index is 0.000000157. The summed E-state index contributed by atoms with van der Waals surface area (Å²) in [6.45, 7) is 1.37. The Morgan fingerprint density at radius 2 is 0.740 bits per heavy atom. The van der Waals surface area contributed by atoms with Crippen LogP contribution in [-0.2, 0) is 33.3 Å². The lowest BCUT2D eigenvalue weighted by Gasteiger charge is -2.11. The summed E-state index contributed by atoms with van der Waals surface area (Å²) in [7, 11) is -3.57. The third-order valence-electron chi connectivity index (χ3n) is 14.3. The number of benzene rings is 9. The Bertz CT molecular complexity index is 5090. The highest BCUT2D eigenvalue weighted by molar-refractivity contribution is 7.92. The zero-order valence-corrected chi connectivity index (χ0v) is 50.6. The molecule has 0 aliphatic heterocycles. The fourth-order valence-electron chi connectivity index (χ4n) is 9.84. The summed E-state index contributed by atoms with van der Waals surface area (Å²) in [5, 5.41) is 2.69. The van der Waals surface area contributed by atoms with Crippen molar-refractivity contribution < 1.29 is 70.7 Å². The molecule has 96 heavy (non-hydrogen) atoms. The van der Waals surface area contributed by atoms with Crippen molar-refractivity contribution in [1.29, 1.82) is 0 Å². The molecule has 0 bridgehead atoms. The molecule has 9 aromatic carbocycles. The molecule has 3 heterocycles. The molecule has 12 rings (SSSR count). The molecule has 13 nitrogen and oxygen atoms in total. The molecule has 2 amide bonds. The Kier molecular flexibility index (Phi) is 19.3. The van der Waals surface area contributed by atoms with E-state index in [0.29, 0.717) is 89.6 Å². The zero-order valence-electron chi connectivity index (χ0n) is 49.8. The molecule has 7 N–H and O–H groups in total. The molecule has 0 aliphatic rings. The van der Waals surface area contributed by atoms with Gasteiger partial charge < -0.3 is 26.0 Å². The predicted octanol–water partition coefficient (Wildman–Crippen LogP) is 18.1. The van der Waals surface area contributed by atoms with Crippen molar-refractivity contribution in [3.05, 3.63) is 256 Å². The lowest BCUT2D eigenvalue weighted by molar-refractivity contribution is -0.138. The number of nitrogens with two attached hydrogens (primary N) is 1. The summed E-state index contributed by atoms with van der Waals surface area (Å²) in [5.74, 6) is -1.36. The maximum absolute atomic E-state index is 14.9. The number of fused-ring (bicyclic) bond motifs is 3. The van der Waals surface area contributed by atoms with E-state index in [1.807, 2.05) is 0 Å². The monoisotopic (exact) mass is 1340 g/mol. The third kappa shape index (κ3) is 16.6. The number of aromatic amines is 3. The topological polar surface area (TPSA) is 204 Å². The predicted molar refractivity (Wildman–Crippen MR) is 347 cm³/mol. The van der Waals surface area contributed by atoms with Gasteiger partial charge in [0.05, 0.1) is 61.7 Å². The molecule has 26 heteroatoms. The average molecular weight is 1340 g/mol. The van der Waals surface area contributed by atoms with Gasteiger partial charge in [0.25, 0.3) is 0 Å². The Morgan fingerprint density at radius 1 is 0.427 bits per heavy atom. The molecule has 0 saturated carbocycles. The summed E-state index contributed by atoms with van der Waals surface area (Å²) in [6.07, 6.45) is -2.64. The minimum absolute atomic E-state index is 0.166. The van der Waals surface area contributed by atoms with E-state index in [9.17, 15) is 70.7 Å². The summed E-state index contributed by atoms with van der Waals surface area (Å²) in [4.78, 5) is 45.2. The van der Waals surface area contributed by atoms with Crippen molar-refractivity contribution in [2.45, 2.75) is 25.5 Å². The second-order valence-corrected chi connectivity index (χ2v) is 23.1. The number of H-pyrrole nitrogens is 3. The minimum Gasteiger partial charge on any atom is -0.366 e. The summed E-state index contributed by atoms with van der Waals surface area (Å²) < 4.78 is 184. The van der Waals surface area contributed by atoms with Gasteiger partial charge in [-0.1, -0.05) is 109 Å². The molecule has 12 aromatic rings. The summed E-state index contributed by atoms with van der Waals surface area (Å²) in [5.41, 5.74) is 10.4. The average Bonchev–Trinajstić information content (AvgIpc) is 1.49. The fraction of sp³-hybridized carbons (Fsp3) is 0.0714. The van der Waals surface area contributed by atoms with Gasteiger partial charge >= 0.3 is 18.5 Å². The number of halogens is 12. The van der Waals surface area contributed by atoms with Crippen molar-refractivity contribution in [2.24, 2.45) is 5.73 Å². The van der Waals surface area contributed by atoms with Crippen LogP contribution in [0.15, 0.2) is 182 Å². The first-order valence-electron chi connectivity index (χ1n) is 28.4. The number of carbonyl (C=O) groups is 2. The number of hydrogen-bond donors (Lipinski definition) is 6. The number of hydrogen-bond acceptors (Lipinski definition) is 7. The zero-order chi connectivity index (χ0) is 68.9. The summed E-state index contributed by atoms with van der Waals surface area (Å²) in [6, 6.07) is 42.2. The Labute approximate surface area is 537 Å². The maximum Gasteiger partial charge on any atom is 0.416 e. The smallest absolute Gasteiger partial charge is 0.366 e. The molecule has 0 spiro atoms. The first kappa shape index (κ1) is 67.4. The van der Waals surface area contributed by atoms with E-state index in [-0.39, 0.29) is 33.8 Å². The van der Waals surface area contributed by atoms with E-state index < -0.39 is 68.6 Å². The number of nitrogens with zero attached hydrogens (tertiary/aromatic N) is 3. The van der Waals surface area contributed by atoms with Crippen molar-refractivity contribution in [3.8, 4) is 33.4 Å². The second kappa shape index (κ2) is 27.6. The highest BCUT2D eigenvalue weighted by atomic mass is 32.2. The van der Waals surface area contributed by atoms with Crippen molar-refractivity contribution in [1.82, 2.24) is 29.9 Å².